The van der Waals surface area contributed by atoms with Crippen LogP contribution in [0.15, 0.2) is 24.3 Å². The number of nitrogens with two attached hydrogens (primary N) is 1. The van der Waals surface area contributed by atoms with Gasteiger partial charge in [0.05, 0.1) is 12.0 Å². The van der Waals surface area contributed by atoms with Crippen molar-refractivity contribution in [3.05, 3.63) is 29.8 Å². The molecule has 0 saturated carbocycles. The molecule has 1 aromatic rings. The van der Waals surface area contributed by atoms with E-state index in [0.29, 0.717) is 18.8 Å². The summed E-state index contributed by atoms with van der Waals surface area (Å²) in [5.74, 6) is -0.0233. The van der Waals surface area contributed by atoms with Gasteiger partial charge in [0.2, 0.25) is 11.8 Å². The summed E-state index contributed by atoms with van der Waals surface area (Å²) in [5, 5.41) is 0. The molecule has 0 atom stereocenters. The Balaban J connectivity index is 2.21. The first-order valence-corrected chi connectivity index (χ1v) is 7.21. The van der Waals surface area contributed by atoms with Crippen molar-refractivity contribution < 1.29 is 9.59 Å². The van der Waals surface area contributed by atoms with Gasteiger partial charge in [-0.1, -0.05) is 12.1 Å². The van der Waals surface area contributed by atoms with Gasteiger partial charge in [-0.05, 0) is 38.0 Å². The maximum Gasteiger partial charge on any atom is 0.241 e. The Hall–Kier alpha value is -2.04. The molecule has 5 heteroatoms. The standard InChI is InChI=1S/C16H23N3O2/c1-16(2,12-5-7-13(17)8-6-12)15(21)19-10-4-9-18(3)14(20)11-19/h5-8H,4,9-11,17H2,1-3H3. The van der Waals surface area contributed by atoms with Gasteiger partial charge in [-0.25, -0.2) is 0 Å². The Kier molecular flexibility index (Phi) is 4.21. The van der Waals surface area contributed by atoms with E-state index >= 15 is 0 Å². The highest BCUT2D eigenvalue weighted by atomic mass is 16.2. The number of hydrogen-bond acceptors (Lipinski definition) is 3. The predicted octanol–water partition coefficient (Wildman–Crippen LogP) is 1.24. The van der Waals surface area contributed by atoms with Crippen molar-refractivity contribution in [1.82, 2.24) is 9.80 Å². The first-order valence-electron chi connectivity index (χ1n) is 7.21. The third-order valence-electron chi connectivity index (χ3n) is 4.13. The fraction of sp³-hybridized carbons (Fsp3) is 0.500. The smallest absolute Gasteiger partial charge is 0.241 e. The summed E-state index contributed by atoms with van der Waals surface area (Å²) in [6.45, 7) is 5.26. The van der Waals surface area contributed by atoms with E-state index in [-0.39, 0.29) is 18.4 Å². The van der Waals surface area contributed by atoms with E-state index in [0.717, 1.165) is 12.0 Å². The van der Waals surface area contributed by atoms with Gasteiger partial charge in [0, 0.05) is 25.8 Å². The molecule has 0 bridgehead atoms. The molecule has 0 radical (unpaired) electrons. The van der Waals surface area contributed by atoms with Crippen LogP contribution in [0, 0.1) is 0 Å². The Labute approximate surface area is 125 Å². The largest absolute Gasteiger partial charge is 0.399 e. The van der Waals surface area contributed by atoms with Gasteiger partial charge in [0.1, 0.15) is 0 Å². The molecule has 0 unspecified atom stereocenters. The molecule has 21 heavy (non-hydrogen) atoms. The molecule has 1 aliphatic rings. The highest BCUT2D eigenvalue weighted by Crippen LogP contribution is 2.27. The zero-order chi connectivity index (χ0) is 15.6. The number of nitrogens with zero attached hydrogens (tertiary/aromatic N) is 2. The van der Waals surface area contributed by atoms with Crippen molar-refractivity contribution in [2.24, 2.45) is 0 Å². The molecule has 5 nitrogen and oxygen atoms in total. The Bertz CT molecular complexity index is 537. The quantitative estimate of drug-likeness (QED) is 0.833. The second-order valence-electron chi connectivity index (χ2n) is 6.14. The number of rotatable bonds is 2. The number of carbonyl (C=O) groups is 2. The Morgan fingerprint density at radius 1 is 1.19 bits per heavy atom. The third-order valence-corrected chi connectivity index (χ3v) is 4.13. The van der Waals surface area contributed by atoms with Crippen LogP contribution in [0.4, 0.5) is 5.69 Å². The summed E-state index contributed by atoms with van der Waals surface area (Å²) < 4.78 is 0. The fourth-order valence-electron chi connectivity index (χ4n) is 2.58. The molecule has 2 amide bonds. The van der Waals surface area contributed by atoms with Crippen LogP contribution >= 0.6 is 0 Å². The summed E-state index contributed by atoms with van der Waals surface area (Å²) >= 11 is 0. The first-order chi connectivity index (χ1) is 9.82. The minimum absolute atomic E-state index is 0.00560. The lowest BCUT2D eigenvalue weighted by Gasteiger charge is -2.31. The van der Waals surface area contributed by atoms with E-state index in [2.05, 4.69) is 0 Å². The molecular formula is C16H23N3O2. The van der Waals surface area contributed by atoms with E-state index in [4.69, 9.17) is 5.73 Å². The first kappa shape index (κ1) is 15.4. The lowest BCUT2D eigenvalue weighted by molar-refractivity contribution is -0.141. The molecule has 0 aliphatic carbocycles. The monoisotopic (exact) mass is 289 g/mol. The number of anilines is 1. The van der Waals surface area contributed by atoms with E-state index in [1.807, 2.05) is 26.0 Å². The molecule has 2 N–H and O–H groups in total. The van der Waals surface area contributed by atoms with Gasteiger partial charge in [-0.3, -0.25) is 9.59 Å². The summed E-state index contributed by atoms with van der Waals surface area (Å²) in [5.41, 5.74) is 6.61. The number of amides is 2. The van der Waals surface area contributed by atoms with Gasteiger partial charge < -0.3 is 15.5 Å². The van der Waals surface area contributed by atoms with Crippen LogP contribution in [0.3, 0.4) is 0 Å². The molecule has 1 aromatic carbocycles. The molecule has 1 aliphatic heterocycles. The lowest BCUT2D eigenvalue weighted by Crippen LogP contribution is -2.46. The predicted molar refractivity (Wildman–Crippen MR) is 82.7 cm³/mol. The topological polar surface area (TPSA) is 66.6 Å². The van der Waals surface area contributed by atoms with Crippen molar-refractivity contribution in [3.8, 4) is 0 Å². The summed E-state index contributed by atoms with van der Waals surface area (Å²) in [6, 6.07) is 7.34. The Morgan fingerprint density at radius 2 is 1.81 bits per heavy atom. The number of likely N-dealkylation sites (N-methyl/N-ethyl adjacent to an activating group) is 1. The molecule has 1 heterocycles. The maximum absolute atomic E-state index is 12.8. The highest BCUT2D eigenvalue weighted by molar-refractivity contribution is 5.91. The number of benzene rings is 1. The minimum atomic E-state index is -0.670. The van der Waals surface area contributed by atoms with Crippen molar-refractivity contribution in [2.75, 3.05) is 32.4 Å². The van der Waals surface area contributed by atoms with Crippen LogP contribution in [-0.4, -0.2) is 48.3 Å². The van der Waals surface area contributed by atoms with Gasteiger partial charge in [-0.15, -0.1) is 0 Å². The van der Waals surface area contributed by atoms with E-state index in [1.165, 1.54) is 0 Å². The molecule has 114 valence electrons. The zero-order valence-corrected chi connectivity index (χ0v) is 12.9. The van der Waals surface area contributed by atoms with Crippen molar-refractivity contribution >= 4 is 17.5 Å². The summed E-state index contributed by atoms with van der Waals surface area (Å²) in [6.07, 6.45) is 0.811. The van der Waals surface area contributed by atoms with Crippen LogP contribution in [0.1, 0.15) is 25.8 Å². The maximum atomic E-state index is 12.8. The highest BCUT2D eigenvalue weighted by Gasteiger charge is 2.35. The van der Waals surface area contributed by atoms with Crippen LogP contribution in [-0.2, 0) is 15.0 Å². The number of hydrogen-bond donors (Lipinski definition) is 1. The number of carbonyl (C=O) groups excluding carboxylic acids is 2. The van der Waals surface area contributed by atoms with Crippen LogP contribution in [0.2, 0.25) is 0 Å². The lowest BCUT2D eigenvalue weighted by atomic mass is 9.83. The average molecular weight is 289 g/mol. The van der Waals surface area contributed by atoms with Crippen molar-refractivity contribution in [3.63, 3.8) is 0 Å². The van der Waals surface area contributed by atoms with Crippen molar-refractivity contribution in [2.45, 2.75) is 25.7 Å². The van der Waals surface area contributed by atoms with E-state index < -0.39 is 5.41 Å². The van der Waals surface area contributed by atoms with Gasteiger partial charge in [0.15, 0.2) is 0 Å². The fourth-order valence-corrected chi connectivity index (χ4v) is 2.58. The molecule has 1 fully saturated rings. The van der Waals surface area contributed by atoms with Crippen LogP contribution in [0.25, 0.3) is 0 Å². The average Bonchev–Trinajstić information content (AvgIpc) is 2.61. The minimum Gasteiger partial charge on any atom is -0.399 e. The number of nitrogen functional groups attached to an aromatic ring is 1. The molecule has 1 saturated heterocycles. The van der Waals surface area contributed by atoms with E-state index in [1.54, 1.807) is 29.0 Å². The SMILES string of the molecule is CN1CCCN(C(=O)C(C)(C)c2ccc(N)cc2)CC1=O. The van der Waals surface area contributed by atoms with Gasteiger partial charge in [0.25, 0.3) is 0 Å². The van der Waals surface area contributed by atoms with Crippen molar-refractivity contribution in [1.29, 1.82) is 0 Å². The van der Waals surface area contributed by atoms with Crippen LogP contribution in [0.5, 0.6) is 0 Å². The second kappa shape index (κ2) is 5.76. The zero-order valence-electron chi connectivity index (χ0n) is 12.9. The normalized spacial score (nSPS) is 16.8. The molecule has 0 spiro atoms. The second-order valence-corrected chi connectivity index (χ2v) is 6.14. The third kappa shape index (κ3) is 3.17. The summed E-state index contributed by atoms with van der Waals surface area (Å²) in [7, 11) is 1.78. The Morgan fingerprint density at radius 3 is 2.43 bits per heavy atom. The van der Waals surface area contributed by atoms with E-state index in [9.17, 15) is 9.59 Å². The molecule has 2 rings (SSSR count). The summed E-state index contributed by atoms with van der Waals surface area (Å²) in [4.78, 5) is 28.1. The molecular weight excluding hydrogens is 266 g/mol. The molecule has 0 aromatic heterocycles. The van der Waals surface area contributed by atoms with Gasteiger partial charge >= 0.3 is 0 Å². The van der Waals surface area contributed by atoms with Crippen LogP contribution < -0.4 is 5.73 Å². The van der Waals surface area contributed by atoms with Gasteiger partial charge in [-0.2, -0.15) is 0 Å².